The summed E-state index contributed by atoms with van der Waals surface area (Å²) in [4.78, 5) is 12.4. The molecule has 0 aliphatic carbocycles. The molecular weight excluding hydrogens is 298 g/mol. The number of carbonyl (C=O) groups is 1. The molecule has 0 aromatic heterocycles. The van der Waals surface area contributed by atoms with Crippen LogP contribution in [0.4, 0.5) is 5.69 Å². The fourth-order valence-corrected chi connectivity index (χ4v) is 2.29. The van der Waals surface area contributed by atoms with Crippen molar-refractivity contribution in [1.29, 1.82) is 0 Å². The van der Waals surface area contributed by atoms with Crippen LogP contribution in [0.15, 0.2) is 42.5 Å². The average molecular weight is 318 g/mol. The number of anilines is 1. The van der Waals surface area contributed by atoms with E-state index in [0.29, 0.717) is 17.2 Å². The summed E-state index contributed by atoms with van der Waals surface area (Å²) in [5.74, 6) is 0.483. The molecule has 0 saturated carbocycles. The van der Waals surface area contributed by atoms with E-state index in [4.69, 9.17) is 16.3 Å². The monoisotopic (exact) mass is 317 g/mol. The van der Waals surface area contributed by atoms with E-state index in [1.54, 1.807) is 24.3 Å². The van der Waals surface area contributed by atoms with Gasteiger partial charge in [-0.3, -0.25) is 4.79 Å². The molecule has 0 spiro atoms. The molecule has 0 radical (unpaired) electrons. The summed E-state index contributed by atoms with van der Waals surface area (Å²) in [5, 5.41) is 3.57. The van der Waals surface area contributed by atoms with Crippen LogP contribution < -0.4 is 10.1 Å². The lowest BCUT2D eigenvalue weighted by Gasteiger charge is -2.18. The van der Waals surface area contributed by atoms with Crippen molar-refractivity contribution in [3.05, 3.63) is 58.6 Å². The van der Waals surface area contributed by atoms with Crippen LogP contribution in [-0.4, -0.2) is 12.0 Å². The molecule has 0 saturated heterocycles. The van der Waals surface area contributed by atoms with E-state index in [2.05, 4.69) is 5.32 Å². The molecule has 2 rings (SSSR count). The van der Waals surface area contributed by atoms with Crippen molar-refractivity contribution in [1.82, 2.24) is 0 Å². The summed E-state index contributed by atoms with van der Waals surface area (Å²) in [7, 11) is 0. The summed E-state index contributed by atoms with van der Waals surface area (Å²) in [6.45, 7) is 5.92. The first-order valence-electron chi connectivity index (χ1n) is 7.30. The lowest BCUT2D eigenvalue weighted by molar-refractivity contribution is -0.122. The third kappa shape index (κ3) is 4.25. The number of aryl methyl sites for hydroxylation is 2. The maximum absolute atomic E-state index is 12.4. The summed E-state index contributed by atoms with van der Waals surface area (Å²) >= 11 is 5.85. The first kappa shape index (κ1) is 16.4. The maximum atomic E-state index is 12.4. The molecule has 3 nitrogen and oxygen atoms in total. The van der Waals surface area contributed by atoms with Crippen LogP contribution in [0.5, 0.6) is 5.75 Å². The van der Waals surface area contributed by atoms with E-state index in [9.17, 15) is 4.79 Å². The van der Waals surface area contributed by atoms with Crippen molar-refractivity contribution in [3.8, 4) is 5.75 Å². The lowest BCUT2D eigenvalue weighted by atomic mass is 10.1. The van der Waals surface area contributed by atoms with Crippen LogP contribution in [0.2, 0.25) is 5.02 Å². The highest BCUT2D eigenvalue weighted by Crippen LogP contribution is 2.20. The number of nitrogens with one attached hydrogen (secondary N) is 1. The molecule has 116 valence electrons. The largest absolute Gasteiger partial charge is 0.481 e. The number of ether oxygens (including phenoxy) is 1. The number of rotatable bonds is 5. The van der Waals surface area contributed by atoms with Gasteiger partial charge in [-0.2, -0.15) is 0 Å². The molecule has 4 heteroatoms. The van der Waals surface area contributed by atoms with Gasteiger partial charge in [-0.05, 0) is 56.2 Å². The average Bonchev–Trinajstić information content (AvgIpc) is 2.49. The Morgan fingerprint density at radius 2 is 1.86 bits per heavy atom. The molecule has 1 amide bonds. The zero-order valence-corrected chi connectivity index (χ0v) is 13.8. The molecule has 0 bridgehead atoms. The Bertz CT molecular complexity index is 653. The smallest absolute Gasteiger partial charge is 0.265 e. The number of benzene rings is 2. The van der Waals surface area contributed by atoms with Gasteiger partial charge >= 0.3 is 0 Å². The zero-order chi connectivity index (χ0) is 16.1. The van der Waals surface area contributed by atoms with Crippen molar-refractivity contribution in [3.63, 3.8) is 0 Å². The van der Waals surface area contributed by atoms with Crippen LogP contribution in [0, 0.1) is 13.8 Å². The summed E-state index contributed by atoms with van der Waals surface area (Å²) in [6.07, 6.45) is 0.0428. The fourth-order valence-electron chi connectivity index (χ4n) is 2.17. The van der Waals surface area contributed by atoms with Gasteiger partial charge in [0.2, 0.25) is 0 Å². The van der Waals surface area contributed by atoms with Gasteiger partial charge in [0.25, 0.3) is 5.91 Å². The van der Waals surface area contributed by atoms with Gasteiger partial charge in [0.1, 0.15) is 5.75 Å². The van der Waals surface area contributed by atoms with E-state index < -0.39 is 6.10 Å². The Morgan fingerprint density at radius 3 is 2.45 bits per heavy atom. The van der Waals surface area contributed by atoms with Crippen LogP contribution in [-0.2, 0) is 4.79 Å². The summed E-state index contributed by atoms with van der Waals surface area (Å²) in [5.41, 5.74) is 3.02. The van der Waals surface area contributed by atoms with Gasteiger partial charge in [0.15, 0.2) is 6.10 Å². The second kappa shape index (κ2) is 7.32. The predicted molar refractivity (Wildman–Crippen MR) is 90.7 cm³/mol. The van der Waals surface area contributed by atoms with Crippen LogP contribution in [0.1, 0.15) is 24.5 Å². The number of halogens is 1. The minimum Gasteiger partial charge on any atom is -0.481 e. The Hall–Kier alpha value is -2.00. The van der Waals surface area contributed by atoms with Gasteiger partial charge < -0.3 is 10.1 Å². The van der Waals surface area contributed by atoms with Gasteiger partial charge in [-0.25, -0.2) is 0 Å². The minimum atomic E-state index is -0.540. The first-order chi connectivity index (χ1) is 10.5. The molecule has 0 aliphatic rings. The topological polar surface area (TPSA) is 38.3 Å². The van der Waals surface area contributed by atoms with Gasteiger partial charge in [0.05, 0.1) is 0 Å². The lowest BCUT2D eigenvalue weighted by Crippen LogP contribution is -2.32. The van der Waals surface area contributed by atoms with Crippen molar-refractivity contribution in [2.24, 2.45) is 0 Å². The number of carbonyl (C=O) groups excluding carboxylic acids is 1. The SMILES string of the molecule is CCC(Oc1ccc(Cl)cc1)C(=O)Nc1ccc(C)cc1C. The Morgan fingerprint density at radius 1 is 1.18 bits per heavy atom. The van der Waals surface area contributed by atoms with Crippen molar-refractivity contribution in [2.45, 2.75) is 33.3 Å². The Labute approximate surface area is 136 Å². The predicted octanol–water partition coefficient (Wildman–Crippen LogP) is 4.75. The molecule has 2 aromatic rings. The first-order valence-corrected chi connectivity index (χ1v) is 7.67. The Kier molecular flexibility index (Phi) is 5.45. The highest BCUT2D eigenvalue weighted by Gasteiger charge is 2.19. The number of hydrogen-bond acceptors (Lipinski definition) is 2. The molecule has 22 heavy (non-hydrogen) atoms. The molecule has 2 aromatic carbocycles. The molecule has 0 aliphatic heterocycles. The van der Waals surface area contributed by atoms with Crippen LogP contribution in [0.3, 0.4) is 0 Å². The van der Waals surface area contributed by atoms with Crippen molar-refractivity contribution in [2.75, 3.05) is 5.32 Å². The normalized spacial score (nSPS) is 11.8. The summed E-state index contributed by atoms with van der Waals surface area (Å²) < 4.78 is 5.75. The standard InChI is InChI=1S/C18H20ClNO2/c1-4-17(22-15-8-6-14(19)7-9-15)18(21)20-16-10-5-12(2)11-13(16)3/h5-11,17H,4H2,1-3H3,(H,20,21). The molecule has 0 heterocycles. The third-order valence-corrected chi connectivity index (χ3v) is 3.65. The van der Waals surface area contributed by atoms with Gasteiger partial charge in [0, 0.05) is 10.7 Å². The van der Waals surface area contributed by atoms with E-state index in [0.717, 1.165) is 11.3 Å². The van der Waals surface area contributed by atoms with Crippen LogP contribution >= 0.6 is 11.6 Å². The second-order valence-corrected chi connectivity index (χ2v) is 5.71. The molecule has 0 fully saturated rings. The molecular formula is C18H20ClNO2. The van der Waals surface area contributed by atoms with Gasteiger partial charge in [-0.15, -0.1) is 0 Å². The van der Waals surface area contributed by atoms with E-state index in [-0.39, 0.29) is 5.91 Å². The van der Waals surface area contributed by atoms with Gasteiger partial charge in [-0.1, -0.05) is 36.2 Å². The molecule has 1 atom stereocenters. The quantitative estimate of drug-likeness (QED) is 0.864. The van der Waals surface area contributed by atoms with Crippen molar-refractivity contribution >= 4 is 23.2 Å². The summed E-state index contributed by atoms with van der Waals surface area (Å²) in [6, 6.07) is 12.9. The fraction of sp³-hybridized carbons (Fsp3) is 0.278. The molecule has 1 N–H and O–H groups in total. The van der Waals surface area contributed by atoms with E-state index in [1.807, 2.05) is 39.0 Å². The van der Waals surface area contributed by atoms with E-state index >= 15 is 0 Å². The highest BCUT2D eigenvalue weighted by molar-refractivity contribution is 6.30. The van der Waals surface area contributed by atoms with Crippen molar-refractivity contribution < 1.29 is 9.53 Å². The maximum Gasteiger partial charge on any atom is 0.265 e. The van der Waals surface area contributed by atoms with Crippen LogP contribution in [0.25, 0.3) is 0 Å². The highest BCUT2D eigenvalue weighted by atomic mass is 35.5. The Balaban J connectivity index is 2.06. The number of hydrogen-bond donors (Lipinski definition) is 1. The minimum absolute atomic E-state index is 0.149. The number of amides is 1. The second-order valence-electron chi connectivity index (χ2n) is 5.28. The third-order valence-electron chi connectivity index (χ3n) is 3.39. The molecule has 1 unspecified atom stereocenters. The van der Waals surface area contributed by atoms with E-state index in [1.165, 1.54) is 5.56 Å². The zero-order valence-electron chi connectivity index (χ0n) is 13.0.